The summed E-state index contributed by atoms with van der Waals surface area (Å²) in [7, 11) is 2.90. The second-order valence-electron chi connectivity index (χ2n) is 5.03. The fourth-order valence-corrected chi connectivity index (χ4v) is 2.85. The van der Waals surface area contributed by atoms with Crippen molar-refractivity contribution in [3.63, 3.8) is 0 Å². The average Bonchev–Trinajstić information content (AvgIpc) is 2.41. The number of nitrogens with two attached hydrogens (primary N) is 1. The van der Waals surface area contributed by atoms with Crippen LogP contribution in [0.5, 0.6) is 17.2 Å². The van der Waals surface area contributed by atoms with Gasteiger partial charge in [0.15, 0.2) is 23.1 Å². The standard InChI is InChI=1S/C14H20FNO3/c1-18-10-8-9(15)12(17)11(13(10)19-2)14(16)6-4-3-5-7-14/h8,17H,3-7,16H2,1-2H3. The summed E-state index contributed by atoms with van der Waals surface area (Å²) in [4.78, 5) is 0. The SMILES string of the molecule is COc1cc(F)c(O)c(C2(N)CCCCC2)c1OC. The smallest absolute Gasteiger partial charge is 0.169 e. The van der Waals surface area contributed by atoms with Crippen LogP contribution in [0.2, 0.25) is 0 Å². The van der Waals surface area contributed by atoms with Gasteiger partial charge in [-0.25, -0.2) is 4.39 Å². The van der Waals surface area contributed by atoms with Gasteiger partial charge < -0.3 is 20.3 Å². The minimum atomic E-state index is -0.761. The number of halogens is 1. The first-order valence-corrected chi connectivity index (χ1v) is 6.46. The van der Waals surface area contributed by atoms with Crippen molar-refractivity contribution in [2.75, 3.05) is 14.2 Å². The number of methoxy groups -OCH3 is 2. The molecule has 0 radical (unpaired) electrons. The number of benzene rings is 1. The van der Waals surface area contributed by atoms with E-state index >= 15 is 0 Å². The molecule has 1 aliphatic carbocycles. The van der Waals surface area contributed by atoms with Crippen LogP contribution in [-0.2, 0) is 5.54 Å². The van der Waals surface area contributed by atoms with Gasteiger partial charge in [-0.2, -0.15) is 0 Å². The zero-order valence-electron chi connectivity index (χ0n) is 11.3. The lowest BCUT2D eigenvalue weighted by atomic mass is 9.76. The molecule has 0 aliphatic heterocycles. The third kappa shape index (κ3) is 2.34. The van der Waals surface area contributed by atoms with Crippen molar-refractivity contribution in [1.82, 2.24) is 0 Å². The first-order chi connectivity index (χ1) is 9.03. The van der Waals surface area contributed by atoms with Crippen molar-refractivity contribution in [1.29, 1.82) is 0 Å². The van der Waals surface area contributed by atoms with Gasteiger partial charge in [-0.15, -0.1) is 0 Å². The Balaban J connectivity index is 2.62. The van der Waals surface area contributed by atoms with Crippen molar-refractivity contribution in [2.24, 2.45) is 5.73 Å². The van der Waals surface area contributed by atoms with E-state index in [4.69, 9.17) is 15.2 Å². The molecule has 0 bridgehead atoms. The van der Waals surface area contributed by atoms with E-state index in [1.807, 2.05) is 0 Å². The summed E-state index contributed by atoms with van der Waals surface area (Å²) >= 11 is 0. The van der Waals surface area contributed by atoms with Crippen LogP contribution >= 0.6 is 0 Å². The molecule has 0 amide bonds. The molecule has 1 aromatic carbocycles. The molecule has 3 N–H and O–H groups in total. The number of hydrogen-bond donors (Lipinski definition) is 2. The molecule has 5 heteroatoms. The lowest BCUT2D eigenvalue weighted by molar-refractivity contribution is 0.267. The molecule has 0 heterocycles. The summed E-state index contributed by atoms with van der Waals surface area (Å²) in [6, 6.07) is 1.11. The van der Waals surface area contributed by atoms with Gasteiger partial charge in [-0.1, -0.05) is 19.3 Å². The summed E-state index contributed by atoms with van der Waals surface area (Å²) in [5.41, 5.74) is 5.95. The third-order valence-corrected chi connectivity index (χ3v) is 3.84. The summed E-state index contributed by atoms with van der Waals surface area (Å²) in [6.45, 7) is 0. The largest absolute Gasteiger partial charge is 0.504 e. The van der Waals surface area contributed by atoms with Crippen LogP contribution in [0, 0.1) is 5.82 Å². The lowest BCUT2D eigenvalue weighted by Crippen LogP contribution is -2.39. The summed E-state index contributed by atoms with van der Waals surface area (Å²) in [5, 5.41) is 10.1. The minimum Gasteiger partial charge on any atom is -0.504 e. The van der Waals surface area contributed by atoms with E-state index in [1.54, 1.807) is 0 Å². The monoisotopic (exact) mass is 269 g/mol. The van der Waals surface area contributed by atoms with Crippen LogP contribution in [0.25, 0.3) is 0 Å². The predicted molar refractivity (Wildman–Crippen MR) is 70.1 cm³/mol. The molecule has 0 atom stereocenters. The Morgan fingerprint density at radius 3 is 2.37 bits per heavy atom. The highest BCUT2D eigenvalue weighted by molar-refractivity contribution is 5.57. The fourth-order valence-electron chi connectivity index (χ4n) is 2.85. The minimum absolute atomic E-state index is 0.253. The molecule has 0 spiro atoms. The summed E-state index contributed by atoms with van der Waals surface area (Å²) in [6.07, 6.45) is 4.41. The maximum Gasteiger partial charge on any atom is 0.169 e. The van der Waals surface area contributed by atoms with Gasteiger partial charge in [0.1, 0.15) is 0 Å². The Bertz CT molecular complexity index is 470. The highest BCUT2D eigenvalue weighted by Gasteiger charge is 2.37. The van der Waals surface area contributed by atoms with E-state index in [9.17, 15) is 9.50 Å². The Morgan fingerprint density at radius 2 is 1.84 bits per heavy atom. The van der Waals surface area contributed by atoms with Gasteiger partial charge in [0, 0.05) is 11.6 Å². The second kappa shape index (κ2) is 5.25. The van der Waals surface area contributed by atoms with Crippen LogP contribution in [0.4, 0.5) is 4.39 Å². The molecular formula is C14H20FNO3. The predicted octanol–water partition coefficient (Wildman–Crippen LogP) is 2.67. The second-order valence-corrected chi connectivity index (χ2v) is 5.03. The number of phenols is 1. The van der Waals surface area contributed by atoms with Crippen molar-refractivity contribution >= 4 is 0 Å². The van der Waals surface area contributed by atoms with E-state index in [2.05, 4.69) is 0 Å². The van der Waals surface area contributed by atoms with Crippen molar-refractivity contribution in [2.45, 2.75) is 37.6 Å². The number of ether oxygens (including phenoxy) is 2. The van der Waals surface area contributed by atoms with Gasteiger partial charge in [0.25, 0.3) is 0 Å². The van der Waals surface area contributed by atoms with E-state index in [0.29, 0.717) is 24.2 Å². The first kappa shape index (κ1) is 13.9. The Kier molecular flexibility index (Phi) is 3.85. The molecule has 19 heavy (non-hydrogen) atoms. The van der Waals surface area contributed by atoms with Gasteiger partial charge in [0.2, 0.25) is 0 Å². The normalized spacial score (nSPS) is 18.1. The first-order valence-electron chi connectivity index (χ1n) is 6.46. The summed E-state index contributed by atoms with van der Waals surface area (Å²) < 4.78 is 24.2. The Labute approximate surface area is 112 Å². The molecule has 1 fully saturated rings. The molecule has 2 rings (SSSR count). The number of aromatic hydroxyl groups is 1. The average molecular weight is 269 g/mol. The Morgan fingerprint density at radius 1 is 1.21 bits per heavy atom. The zero-order valence-corrected chi connectivity index (χ0v) is 11.3. The van der Waals surface area contributed by atoms with E-state index in [0.717, 1.165) is 25.3 Å². The van der Waals surface area contributed by atoms with Crippen LogP contribution < -0.4 is 15.2 Å². The number of phenolic OH excluding ortho intramolecular Hbond substituents is 1. The van der Waals surface area contributed by atoms with Crippen molar-refractivity contribution in [3.8, 4) is 17.2 Å². The van der Waals surface area contributed by atoms with Crippen molar-refractivity contribution < 1.29 is 19.0 Å². The number of hydrogen-bond acceptors (Lipinski definition) is 4. The molecule has 4 nitrogen and oxygen atoms in total. The van der Waals surface area contributed by atoms with Gasteiger partial charge >= 0.3 is 0 Å². The lowest BCUT2D eigenvalue weighted by Gasteiger charge is -2.35. The quantitative estimate of drug-likeness (QED) is 0.885. The molecule has 1 aromatic rings. The maximum absolute atomic E-state index is 13.8. The van der Waals surface area contributed by atoms with E-state index in [1.165, 1.54) is 14.2 Å². The molecule has 106 valence electrons. The topological polar surface area (TPSA) is 64.7 Å². The highest BCUT2D eigenvalue weighted by Crippen LogP contribution is 2.48. The van der Waals surface area contributed by atoms with Crippen molar-refractivity contribution in [3.05, 3.63) is 17.4 Å². The molecule has 0 unspecified atom stereocenters. The Hall–Kier alpha value is -1.49. The van der Waals surface area contributed by atoms with Gasteiger partial charge in [-0.3, -0.25) is 0 Å². The molecule has 0 aromatic heterocycles. The molecule has 1 aliphatic rings. The third-order valence-electron chi connectivity index (χ3n) is 3.84. The van der Waals surface area contributed by atoms with Crippen LogP contribution in [0.3, 0.4) is 0 Å². The molecule has 1 saturated carbocycles. The van der Waals surface area contributed by atoms with Gasteiger partial charge in [-0.05, 0) is 12.8 Å². The van der Waals surface area contributed by atoms with E-state index in [-0.39, 0.29) is 5.75 Å². The molecule has 0 saturated heterocycles. The highest BCUT2D eigenvalue weighted by atomic mass is 19.1. The fraction of sp³-hybridized carbons (Fsp3) is 0.571. The van der Waals surface area contributed by atoms with Crippen LogP contribution in [0.15, 0.2) is 6.07 Å². The van der Waals surface area contributed by atoms with Crippen LogP contribution in [0.1, 0.15) is 37.7 Å². The molecular weight excluding hydrogens is 249 g/mol. The van der Waals surface area contributed by atoms with Crippen LogP contribution in [-0.4, -0.2) is 19.3 Å². The number of rotatable bonds is 3. The zero-order chi connectivity index (χ0) is 14.0. The maximum atomic E-state index is 13.8. The van der Waals surface area contributed by atoms with E-state index < -0.39 is 17.1 Å². The summed E-state index contributed by atoms with van der Waals surface area (Å²) in [5.74, 6) is -0.584. The van der Waals surface area contributed by atoms with Gasteiger partial charge in [0.05, 0.1) is 19.8 Å².